The van der Waals surface area contributed by atoms with Gasteiger partial charge in [0.2, 0.25) is 0 Å². The highest BCUT2D eigenvalue weighted by atomic mass is 14.2. The summed E-state index contributed by atoms with van der Waals surface area (Å²) in [6, 6.07) is 71.9. The monoisotopic (exact) mass is 656 g/mol. The van der Waals surface area contributed by atoms with E-state index in [0.717, 1.165) is 0 Å². The van der Waals surface area contributed by atoms with Crippen LogP contribution in [0.3, 0.4) is 0 Å². The molecule has 0 heteroatoms. The Hall–Kier alpha value is -6.76. The molecular formula is C52H32. The van der Waals surface area contributed by atoms with Gasteiger partial charge in [0.25, 0.3) is 0 Å². The predicted octanol–water partition coefficient (Wildman–Crippen LogP) is 14.8. The van der Waals surface area contributed by atoms with Crippen molar-refractivity contribution < 1.29 is 0 Å². The third kappa shape index (κ3) is 4.41. The average Bonchev–Trinajstić information content (AvgIpc) is 3.22. The molecule has 0 saturated carbocycles. The standard InChI is InChI=1S/C52H32/c1-2-12-35-29-38(25-22-33(35)11-1)51-46-17-7-9-19-48(46)52(49-20-10-8-18-47(49)51)39-26-23-34-21-24-36(30-40(34)31-39)37-27-28-45-43-15-4-3-13-41(43)42-14-5-6-16-44(42)50(45)32-37/h1-32H. The molecular weight excluding hydrogens is 625 g/mol. The molecule has 0 aliphatic carbocycles. The van der Waals surface area contributed by atoms with Gasteiger partial charge in [-0.1, -0.05) is 170 Å². The van der Waals surface area contributed by atoms with E-state index in [1.165, 1.54) is 109 Å². The summed E-state index contributed by atoms with van der Waals surface area (Å²) in [5, 5.41) is 17.9. The zero-order valence-electron chi connectivity index (χ0n) is 28.5. The maximum Gasteiger partial charge on any atom is -0.00262 e. The highest BCUT2D eigenvalue weighted by Gasteiger charge is 2.17. The van der Waals surface area contributed by atoms with Crippen LogP contribution in [0.4, 0.5) is 0 Å². The average molecular weight is 657 g/mol. The number of fused-ring (bicyclic) bond motifs is 10. The lowest BCUT2D eigenvalue weighted by molar-refractivity contribution is 1.67. The minimum atomic E-state index is 1.23. The van der Waals surface area contributed by atoms with Gasteiger partial charge in [0.15, 0.2) is 0 Å². The van der Waals surface area contributed by atoms with E-state index in [2.05, 4.69) is 194 Å². The van der Waals surface area contributed by atoms with Gasteiger partial charge in [0.1, 0.15) is 0 Å². The van der Waals surface area contributed by atoms with Crippen LogP contribution >= 0.6 is 0 Å². The third-order valence-corrected chi connectivity index (χ3v) is 11.2. The Kier molecular flexibility index (Phi) is 6.35. The van der Waals surface area contributed by atoms with E-state index >= 15 is 0 Å². The molecule has 11 rings (SSSR count). The Morgan fingerprint density at radius 2 is 0.500 bits per heavy atom. The Morgan fingerprint density at radius 1 is 0.173 bits per heavy atom. The summed E-state index contributed by atoms with van der Waals surface area (Å²) in [6.45, 7) is 0. The van der Waals surface area contributed by atoms with Crippen LogP contribution in [0, 0.1) is 0 Å². The van der Waals surface area contributed by atoms with Crippen LogP contribution in [0.5, 0.6) is 0 Å². The van der Waals surface area contributed by atoms with Crippen molar-refractivity contribution >= 4 is 75.4 Å². The molecule has 0 bridgehead atoms. The molecule has 0 fully saturated rings. The summed E-state index contributed by atoms with van der Waals surface area (Å²) in [5.41, 5.74) is 7.52. The van der Waals surface area contributed by atoms with Crippen molar-refractivity contribution in [2.75, 3.05) is 0 Å². The van der Waals surface area contributed by atoms with Crippen LogP contribution in [-0.2, 0) is 0 Å². The fourth-order valence-electron chi connectivity index (χ4n) is 8.76. The van der Waals surface area contributed by atoms with Crippen LogP contribution in [0.1, 0.15) is 0 Å². The first kappa shape index (κ1) is 29.0. The van der Waals surface area contributed by atoms with Crippen LogP contribution in [-0.4, -0.2) is 0 Å². The second kappa shape index (κ2) is 11.4. The molecule has 0 saturated heterocycles. The summed E-state index contributed by atoms with van der Waals surface area (Å²) >= 11 is 0. The van der Waals surface area contributed by atoms with Crippen LogP contribution in [0.2, 0.25) is 0 Å². The Labute approximate surface area is 301 Å². The highest BCUT2D eigenvalue weighted by molar-refractivity contribution is 6.26. The van der Waals surface area contributed by atoms with Gasteiger partial charge in [-0.25, -0.2) is 0 Å². The van der Waals surface area contributed by atoms with Crippen LogP contribution in [0.25, 0.3) is 109 Å². The van der Waals surface area contributed by atoms with Crippen LogP contribution < -0.4 is 0 Å². The second-order valence-electron chi connectivity index (χ2n) is 14.0. The second-order valence-corrected chi connectivity index (χ2v) is 14.0. The first-order chi connectivity index (χ1) is 25.8. The van der Waals surface area contributed by atoms with Gasteiger partial charge in [0, 0.05) is 0 Å². The van der Waals surface area contributed by atoms with Gasteiger partial charge in [-0.15, -0.1) is 0 Å². The molecule has 0 spiro atoms. The minimum absolute atomic E-state index is 1.23. The normalized spacial score (nSPS) is 11.8. The molecule has 0 nitrogen and oxygen atoms in total. The lowest BCUT2D eigenvalue weighted by Gasteiger charge is -2.18. The van der Waals surface area contributed by atoms with Crippen LogP contribution in [0.15, 0.2) is 194 Å². The number of hydrogen-bond donors (Lipinski definition) is 0. The van der Waals surface area contributed by atoms with Crippen molar-refractivity contribution in [3.8, 4) is 33.4 Å². The summed E-state index contributed by atoms with van der Waals surface area (Å²) in [4.78, 5) is 0. The van der Waals surface area contributed by atoms with Crippen molar-refractivity contribution in [2.24, 2.45) is 0 Å². The molecule has 0 radical (unpaired) electrons. The molecule has 11 aromatic carbocycles. The molecule has 240 valence electrons. The molecule has 0 aromatic heterocycles. The summed E-state index contributed by atoms with van der Waals surface area (Å²) < 4.78 is 0. The van der Waals surface area contributed by atoms with Crippen molar-refractivity contribution in [2.45, 2.75) is 0 Å². The molecule has 0 unspecified atom stereocenters. The zero-order chi connectivity index (χ0) is 34.2. The summed E-state index contributed by atoms with van der Waals surface area (Å²) in [7, 11) is 0. The molecule has 0 amide bonds. The van der Waals surface area contributed by atoms with Crippen molar-refractivity contribution in [3.05, 3.63) is 194 Å². The van der Waals surface area contributed by atoms with Crippen molar-refractivity contribution in [1.29, 1.82) is 0 Å². The lowest BCUT2D eigenvalue weighted by atomic mass is 9.85. The Morgan fingerprint density at radius 3 is 1.04 bits per heavy atom. The van der Waals surface area contributed by atoms with E-state index in [0.29, 0.717) is 0 Å². The first-order valence-electron chi connectivity index (χ1n) is 18.1. The van der Waals surface area contributed by atoms with E-state index in [1.54, 1.807) is 0 Å². The number of benzene rings is 11. The zero-order valence-corrected chi connectivity index (χ0v) is 28.5. The minimum Gasteiger partial charge on any atom is -0.0616 e. The fourth-order valence-corrected chi connectivity index (χ4v) is 8.76. The smallest absolute Gasteiger partial charge is 0.00262 e. The molecule has 11 aromatic rings. The lowest BCUT2D eigenvalue weighted by Crippen LogP contribution is -1.91. The Balaban J connectivity index is 1.11. The summed E-state index contributed by atoms with van der Waals surface area (Å²) in [5.74, 6) is 0. The summed E-state index contributed by atoms with van der Waals surface area (Å²) in [6.07, 6.45) is 0. The van der Waals surface area contributed by atoms with E-state index in [1.807, 2.05) is 0 Å². The molecule has 0 aliphatic heterocycles. The van der Waals surface area contributed by atoms with E-state index in [9.17, 15) is 0 Å². The van der Waals surface area contributed by atoms with E-state index in [4.69, 9.17) is 0 Å². The maximum atomic E-state index is 2.40. The largest absolute Gasteiger partial charge is 0.0616 e. The highest BCUT2D eigenvalue weighted by Crippen LogP contribution is 2.45. The molecule has 0 heterocycles. The Bertz CT molecular complexity index is 3140. The van der Waals surface area contributed by atoms with E-state index < -0.39 is 0 Å². The van der Waals surface area contributed by atoms with Crippen molar-refractivity contribution in [1.82, 2.24) is 0 Å². The number of hydrogen-bond acceptors (Lipinski definition) is 0. The molecule has 0 aliphatic rings. The predicted molar refractivity (Wildman–Crippen MR) is 225 cm³/mol. The molecule has 52 heavy (non-hydrogen) atoms. The first-order valence-corrected chi connectivity index (χ1v) is 18.1. The molecule has 0 atom stereocenters. The fraction of sp³-hybridized carbons (Fsp3) is 0. The topological polar surface area (TPSA) is 0 Å². The van der Waals surface area contributed by atoms with Gasteiger partial charge in [-0.3, -0.25) is 0 Å². The quantitative estimate of drug-likeness (QED) is 0.131. The molecule has 0 N–H and O–H groups in total. The van der Waals surface area contributed by atoms with E-state index in [-0.39, 0.29) is 0 Å². The van der Waals surface area contributed by atoms with Gasteiger partial charge in [-0.2, -0.15) is 0 Å². The maximum absolute atomic E-state index is 2.40. The van der Waals surface area contributed by atoms with Crippen molar-refractivity contribution in [3.63, 3.8) is 0 Å². The van der Waals surface area contributed by atoms with Gasteiger partial charge in [0.05, 0.1) is 0 Å². The third-order valence-electron chi connectivity index (χ3n) is 11.2. The van der Waals surface area contributed by atoms with Gasteiger partial charge >= 0.3 is 0 Å². The van der Waals surface area contributed by atoms with Gasteiger partial charge < -0.3 is 0 Å². The number of rotatable bonds is 3. The SMILES string of the molecule is c1ccc2cc(-c3c4ccccc4c(-c4ccc5ccc(-c6ccc7c8ccccc8c8ccccc8c7c6)cc5c4)c4ccccc34)ccc2c1. The van der Waals surface area contributed by atoms with Gasteiger partial charge in [-0.05, 0) is 133 Å².